The minimum atomic E-state index is -0.500. The van der Waals surface area contributed by atoms with Crippen molar-refractivity contribution in [1.29, 1.82) is 5.26 Å². The fourth-order valence-electron chi connectivity index (χ4n) is 3.43. The molecule has 0 radical (unpaired) electrons. The van der Waals surface area contributed by atoms with Gasteiger partial charge in [-0.15, -0.1) is 0 Å². The molecule has 1 amide bonds. The van der Waals surface area contributed by atoms with Crippen molar-refractivity contribution in [3.05, 3.63) is 23.5 Å². The van der Waals surface area contributed by atoms with Crippen LogP contribution < -0.4 is 5.32 Å². The molecule has 0 bridgehead atoms. The molecule has 0 atom stereocenters. The summed E-state index contributed by atoms with van der Waals surface area (Å²) in [4.78, 5) is 16.8. The third-order valence-electron chi connectivity index (χ3n) is 4.75. The Morgan fingerprint density at radius 3 is 2.64 bits per heavy atom. The predicted molar refractivity (Wildman–Crippen MR) is 94.6 cm³/mol. The van der Waals surface area contributed by atoms with Crippen molar-refractivity contribution in [2.45, 2.75) is 58.9 Å². The minimum absolute atomic E-state index is 0.133. The summed E-state index contributed by atoms with van der Waals surface area (Å²) in [6.45, 7) is 8.06. The summed E-state index contributed by atoms with van der Waals surface area (Å²) in [5, 5.41) is 12.3. The van der Waals surface area contributed by atoms with E-state index in [-0.39, 0.29) is 22.4 Å². The lowest BCUT2D eigenvalue weighted by atomic mass is 9.78. The van der Waals surface area contributed by atoms with Crippen molar-refractivity contribution >= 4 is 22.9 Å². The van der Waals surface area contributed by atoms with Gasteiger partial charge in [0.25, 0.3) is 0 Å². The van der Waals surface area contributed by atoms with Gasteiger partial charge in [-0.2, -0.15) is 5.26 Å². The van der Waals surface area contributed by atoms with Gasteiger partial charge in [-0.1, -0.05) is 20.8 Å². The van der Waals surface area contributed by atoms with Crippen LogP contribution in [-0.2, 0) is 10.3 Å². The molecule has 2 aromatic rings. The number of anilines is 1. The average molecular weight is 342 g/mol. The Balaban J connectivity index is 2.13. The highest BCUT2D eigenvalue weighted by Crippen LogP contribution is 2.43. The lowest BCUT2D eigenvalue weighted by molar-refractivity contribution is -0.117. The summed E-state index contributed by atoms with van der Waals surface area (Å²) in [5.74, 6) is -0.237. The topological polar surface area (TPSA) is 70.7 Å². The molecule has 0 aliphatic heterocycles. The third-order valence-corrected chi connectivity index (χ3v) is 4.75. The molecule has 3 rings (SSSR count). The largest absolute Gasteiger partial charge is 0.303 e. The van der Waals surface area contributed by atoms with Gasteiger partial charge >= 0.3 is 0 Å². The number of aromatic nitrogens is 2. The molecular formula is C19H23FN4O. The maximum Gasteiger partial charge on any atom is 0.227 e. The Labute approximate surface area is 146 Å². The van der Waals surface area contributed by atoms with Crippen molar-refractivity contribution in [1.82, 2.24) is 9.55 Å². The quantitative estimate of drug-likeness (QED) is 0.903. The molecule has 0 unspecified atom stereocenters. The van der Waals surface area contributed by atoms with E-state index in [1.807, 2.05) is 25.3 Å². The second-order valence-corrected chi connectivity index (χ2v) is 8.34. The standard InChI is InChI=1S/C19H23FN4O/c1-18(2,3)10-15(25)23-17-22-14-9-13(20)8-12(11-21)16(14)24(17)19(4)6-5-7-19/h8-9H,5-7,10H2,1-4H3,(H,22,23,25). The molecule has 1 aromatic carbocycles. The zero-order chi connectivity index (χ0) is 18.4. The van der Waals surface area contributed by atoms with E-state index >= 15 is 0 Å². The molecule has 1 saturated carbocycles. The molecule has 6 heteroatoms. The normalized spacial score (nSPS) is 16.3. The molecule has 0 saturated heterocycles. The molecule has 1 aliphatic carbocycles. The number of carbonyl (C=O) groups excluding carboxylic acids is 1. The Morgan fingerprint density at radius 1 is 1.44 bits per heavy atom. The zero-order valence-corrected chi connectivity index (χ0v) is 15.1. The molecule has 1 aliphatic rings. The molecule has 0 spiro atoms. The first kappa shape index (κ1) is 17.4. The zero-order valence-electron chi connectivity index (χ0n) is 15.1. The van der Waals surface area contributed by atoms with Gasteiger partial charge in [0.1, 0.15) is 11.9 Å². The fourth-order valence-corrected chi connectivity index (χ4v) is 3.43. The molecule has 1 fully saturated rings. The Hall–Kier alpha value is -2.42. The molecular weight excluding hydrogens is 319 g/mol. The number of carbonyl (C=O) groups is 1. The Bertz CT molecular complexity index is 881. The highest BCUT2D eigenvalue weighted by molar-refractivity contribution is 5.93. The third kappa shape index (κ3) is 3.23. The van der Waals surface area contributed by atoms with Crippen molar-refractivity contribution in [3.8, 4) is 6.07 Å². The maximum atomic E-state index is 13.8. The van der Waals surface area contributed by atoms with Gasteiger partial charge in [-0.25, -0.2) is 9.37 Å². The van der Waals surface area contributed by atoms with Crippen LogP contribution in [0.1, 0.15) is 58.9 Å². The van der Waals surface area contributed by atoms with Crippen molar-refractivity contribution in [3.63, 3.8) is 0 Å². The van der Waals surface area contributed by atoms with Gasteiger partial charge in [-0.05, 0) is 37.7 Å². The number of rotatable bonds is 3. The van der Waals surface area contributed by atoms with Gasteiger partial charge in [0.15, 0.2) is 0 Å². The molecule has 132 valence electrons. The van der Waals surface area contributed by atoms with Crippen LogP contribution in [0.3, 0.4) is 0 Å². The van der Waals surface area contributed by atoms with E-state index in [4.69, 9.17) is 0 Å². The highest BCUT2D eigenvalue weighted by Gasteiger charge is 2.38. The number of benzene rings is 1. The number of nitrogens with one attached hydrogen (secondary N) is 1. The molecule has 1 aromatic heterocycles. The van der Waals surface area contributed by atoms with E-state index in [0.717, 1.165) is 19.3 Å². The first-order valence-corrected chi connectivity index (χ1v) is 8.55. The van der Waals surface area contributed by atoms with Crippen LogP contribution in [0, 0.1) is 22.6 Å². The number of imidazole rings is 1. The molecule has 1 N–H and O–H groups in total. The lowest BCUT2D eigenvalue weighted by Gasteiger charge is -2.41. The van der Waals surface area contributed by atoms with Crippen molar-refractivity contribution in [2.75, 3.05) is 5.32 Å². The Morgan fingerprint density at radius 2 is 2.12 bits per heavy atom. The molecule has 1 heterocycles. The average Bonchev–Trinajstić information content (AvgIpc) is 2.79. The van der Waals surface area contributed by atoms with Crippen LogP contribution in [0.2, 0.25) is 0 Å². The van der Waals surface area contributed by atoms with E-state index in [0.29, 0.717) is 23.4 Å². The van der Waals surface area contributed by atoms with Gasteiger partial charge < -0.3 is 4.57 Å². The van der Waals surface area contributed by atoms with Gasteiger partial charge in [0.2, 0.25) is 11.9 Å². The first-order valence-electron chi connectivity index (χ1n) is 8.55. The lowest BCUT2D eigenvalue weighted by Crippen LogP contribution is -2.38. The van der Waals surface area contributed by atoms with Crippen LogP contribution in [0.15, 0.2) is 12.1 Å². The van der Waals surface area contributed by atoms with Gasteiger partial charge in [-0.3, -0.25) is 10.1 Å². The van der Waals surface area contributed by atoms with E-state index in [2.05, 4.69) is 23.3 Å². The van der Waals surface area contributed by atoms with Crippen LogP contribution in [0.4, 0.5) is 10.3 Å². The summed E-state index contributed by atoms with van der Waals surface area (Å²) in [6.07, 6.45) is 3.30. The van der Waals surface area contributed by atoms with Crippen LogP contribution in [0.5, 0.6) is 0 Å². The van der Waals surface area contributed by atoms with E-state index in [9.17, 15) is 14.4 Å². The number of nitrogens with zero attached hydrogens (tertiary/aromatic N) is 3. The summed E-state index contributed by atoms with van der Waals surface area (Å²) >= 11 is 0. The van der Waals surface area contributed by atoms with Crippen LogP contribution >= 0.6 is 0 Å². The number of fused-ring (bicyclic) bond motifs is 1. The number of halogens is 1. The number of nitriles is 1. The monoisotopic (exact) mass is 342 g/mol. The summed E-state index contributed by atoms with van der Waals surface area (Å²) in [7, 11) is 0. The number of hydrogen-bond acceptors (Lipinski definition) is 3. The molecule has 25 heavy (non-hydrogen) atoms. The minimum Gasteiger partial charge on any atom is -0.303 e. The van der Waals surface area contributed by atoms with E-state index < -0.39 is 5.82 Å². The molecule has 5 nitrogen and oxygen atoms in total. The van der Waals surface area contributed by atoms with E-state index in [1.165, 1.54) is 12.1 Å². The fraction of sp³-hybridized carbons (Fsp3) is 0.526. The summed E-state index contributed by atoms with van der Waals surface area (Å²) < 4.78 is 15.7. The first-order chi connectivity index (χ1) is 11.6. The van der Waals surface area contributed by atoms with Crippen LogP contribution in [0.25, 0.3) is 11.0 Å². The second-order valence-electron chi connectivity index (χ2n) is 8.34. The number of amides is 1. The summed E-state index contributed by atoms with van der Waals surface area (Å²) in [6, 6.07) is 4.60. The second kappa shape index (κ2) is 5.83. The predicted octanol–water partition coefficient (Wildman–Crippen LogP) is 4.32. The van der Waals surface area contributed by atoms with Gasteiger partial charge in [0, 0.05) is 18.0 Å². The van der Waals surface area contributed by atoms with Crippen LogP contribution in [-0.4, -0.2) is 15.5 Å². The van der Waals surface area contributed by atoms with Crippen molar-refractivity contribution < 1.29 is 9.18 Å². The number of hydrogen-bond donors (Lipinski definition) is 1. The van der Waals surface area contributed by atoms with Crippen molar-refractivity contribution in [2.24, 2.45) is 5.41 Å². The van der Waals surface area contributed by atoms with Gasteiger partial charge in [0.05, 0.1) is 16.6 Å². The SMILES string of the molecule is CC(C)(C)CC(=O)Nc1nc2cc(F)cc(C#N)c2n1C1(C)CCC1. The summed E-state index contributed by atoms with van der Waals surface area (Å²) in [5.41, 5.74) is 0.869. The highest BCUT2D eigenvalue weighted by atomic mass is 19.1. The Kier molecular flexibility index (Phi) is 4.06. The van der Waals surface area contributed by atoms with E-state index in [1.54, 1.807) is 0 Å². The smallest absolute Gasteiger partial charge is 0.227 e. The maximum absolute atomic E-state index is 13.8.